The second-order valence-electron chi connectivity index (χ2n) is 5.40. The number of fused-ring (bicyclic) bond motifs is 1. The fourth-order valence-electron chi connectivity index (χ4n) is 2.27. The van der Waals surface area contributed by atoms with Crippen molar-refractivity contribution in [2.75, 3.05) is 13.7 Å². The quantitative estimate of drug-likeness (QED) is 0.668. The Morgan fingerprint density at radius 3 is 2.72 bits per heavy atom. The zero-order chi connectivity index (χ0) is 17.6. The van der Waals surface area contributed by atoms with Gasteiger partial charge < -0.3 is 15.4 Å². The molecule has 0 aliphatic carbocycles. The van der Waals surface area contributed by atoms with Crippen LogP contribution >= 0.6 is 11.3 Å². The van der Waals surface area contributed by atoms with Crippen molar-refractivity contribution in [2.45, 2.75) is 13.0 Å². The van der Waals surface area contributed by atoms with Crippen LogP contribution in [0.15, 0.2) is 42.0 Å². The van der Waals surface area contributed by atoms with E-state index in [-0.39, 0.29) is 24.8 Å². The molecule has 0 radical (unpaired) electrons. The van der Waals surface area contributed by atoms with E-state index in [9.17, 15) is 9.59 Å². The summed E-state index contributed by atoms with van der Waals surface area (Å²) in [5.41, 5.74) is 1.64. The molecule has 2 amide bonds. The van der Waals surface area contributed by atoms with Gasteiger partial charge in [0.25, 0.3) is 0 Å². The first-order chi connectivity index (χ1) is 12.1. The Balaban J connectivity index is 1.40. The normalized spacial score (nSPS) is 10.6. The number of imidazole rings is 1. The van der Waals surface area contributed by atoms with Crippen LogP contribution in [0.3, 0.4) is 0 Å². The number of nitrogens with zero attached hydrogens (tertiary/aromatic N) is 2. The van der Waals surface area contributed by atoms with Crippen LogP contribution in [0.2, 0.25) is 0 Å². The minimum Gasteiger partial charge on any atom is -0.497 e. The Kier molecular flexibility index (Phi) is 5.30. The van der Waals surface area contributed by atoms with Crippen molar-refractivity contribution in [3.8, 4) is 5.75 Å². The van der Waals surface area contributed by atoms with E-state index in [1.54, 1.807) is 7.11 Å². The van der Waals surface area contributed by atoms with Crippen LogP contribution in [-0.2, 0) is 22.6 Å². The fourth-order valence-corrected chi connectivity index (χ4v) is 2.99. The smallest absolute Gasteiger partial charge is 0.239 e. The van der Waals surface area contributed by atoms with Gasteiger partial charge in [0.05, 0.1) is 25.8 Å². The molecule has 7 nitrogen and oxygen atoms in total. The largest absolute Gasteiger partial charge is 0.497 e. The molecule has 8 heteroatoms. The number of hydrogen-bond acceptors (Lipinski definition) is 5. The van der Waals surface area contributed by atoms with E-state index in [2.05, 4.69) is 15.6 Å². The molecule has 0 saturated carbocycles. The maximum atomic E-state index is 11.9. The first-order valence-electron chi connectivity index (χ1n) is 7.71. The second kappa shape index (κ2) is 7.80. The average molecular weight is 358 g/mol. The third-order valence-electron chi connectivity index (χ3n) is 3.58. The molecule has 0 aliphatic rings. The Labute approximate surface area is 148 Å². The lowest BCUT2D eigenvalue weighted by Gasteiger charge is -2.07. The van der Waals surface area contributed by atoms with E-state index < -0.39 is 0 Å². The number of ether oxygens (including phenoxy) is 1. The first-order valence-corrected chi connectivity index (χ1v) is 8.59. The maximum absolute atomic E-state index is 11.9. The predicted molar refractivity (Wildman–Crippen MR) is 94.6 cm³/mol. The molecule has 0 unspecified atom stereocenters. The highest BCUT2D eigenvalue weighted by Crippen LogP contribution is 2.12. The molecule has 3 aromatic rings. The topological polar surface area (TPSA) is 84.7 Å². The number of hydrogen-bond donors (Lipinski definition) is 2. The monoisotopic (exact) mass is 358 g/mol. The van der Waals surface area contributed by atoms with E-state index in [1.165, 1.54) is 11.3 Å². The van der Waals surface area contributed by atoms with Gasteiger partial charge >= 0.3 is 0 Å². The number of benzene rings is 1. The number of carbonyl (C=O) groups is 2. The summed E-state index contributed by atoms with van der Waals surface area (Å²) in [4.78, 5) is 28.9. The summed E-state index contributed by atoms with van der Waals surface area (Å²) in [5, 5.41) is 7.30. The lowest BCUT2D eigenvalue weighted by molar-refractivity contribution is -0.125. The molecule has 25 heavy (non-hydrogen) atoms. The molecule has 0 aliphatic heterocycles. The fraction of sp³-hybridized carbons (Fsp3) is 0.235. The molecule has 0 fully saturated rings. The summed E-state index contributed by atoms with van der Waals surface area (Å²) in [6.45, 7) is 0.341. The lowest BCUT2D eigenvalue weighted by atomic mass is 10.2. The van der Waals surface area contributed by atoms with Gasteiger partial charge in [0.2, 0.25) is 11.8 Å². The van der Waals surface area contributed by atoms with Crippen LogP contribution < -0.4 is 15.4 Å². The van der Waals surface area contributed by atoms with Crippen molar-refractivity contribution in [2.24, 2.45) is 0 Å². The van der Waals surface area contributed by atoms with Crippen LogP contribution in [0.25, 0.3) is 4.96 Å². The minimum absolute atomic E-state index is 0.0583. The Morgan fingerprint density at radius 1 is 1.20 bits per heavy atom. The molecule has 2 N–H and O–H groups in total. The molecular weight excluding hydrogens is 340 g/mol. The van der Waals surface area contributed by atoms with Crippen molar-refractivity contribution in [1.29, 1.82) is 0 Å². The molecule has 130 valence electrons. The lowest BCUT2D eigenvalue weighted by Crippen LogP contribution is -2.37. The molecule has 3 rings (SSSR count). The SMILES string of the molecule is COc1ccc(CNC(=O)CNC(=O)Cc2cn3ccsc3n2)cc1. The summed E-state index contributed by atoms with van der Waals surface area (Å²) >= 11 is 1.51. The summed E-state index contributed by atoms with van der Waals surface area (Å²) in [5.74, 6) is 0.293. The third kappa shape index (κ3) is 4.57. The van der Waals surface area contributed by atoms with Crippen molar-refractivity contribution in [1.82, 2.24) is 20.0 Å². The summed E-state index contributed by atoms with van der Waals surface area (Å²) in [6, 6.07) is 7.42. The Morgan fingerprint density at radius 2 is 2.00 bits per heavy atom. The molecule has 0 bridgehead atoms. The predicted octanol–water partition coefficient (Wildman–Crippen LogP) is 1.38. The van der Waals surface area contributed by atoms with Crippen LogP contribution in [0.4, 0.5) is 0 Å². The number of nitrogens with one attached hydrogen (secondary N) is 2. The van der Waals surface area contributed by atoms with Crippen molar-refractivity contribution < 1.29 is 14.3 Å². The van der Waals surface area contributed by atoms with Gasteiger partial charge in [0, 0.05) is 24.3 Å². The number of carbonyl (C=O) groups excluding carboxylic acids is 2. The van der Waals surface area contributed by atoms with Crippen molar-refractivity contribution >= 4 is 28.1 Å². The number of thiazole rings is 1. The van der Waals surface area contributed by atoms with Crippen molar-refractivity contribution in [3.63, 3.8) is 0 Å². The molecule has 0 saturated heterocycles. The van der Waals surface area contributed by atoms with Gasteiger partial charge in [0.15, 0.2) is 4.96 Å². The molecular formula is C17H18N4O3S. The molecule has 0 spiro atoms. The minimum atomic E-state index is -0.241. The molecule has 2 aromatic heterocycles. The van der Waals surface area contributed by atoms with Crippen LogP contribution in [0.1, 0.15) is 11.3 Å². The van der Waals surface area contributed by atoms with Gasteiger partial charge in [-0.15, -0.1) is 11.3 Å². The van der Waals surface area contributed by atoms with E-state index >= 15 is 0 Å². The van der Waals surface area contributed by atoms with E-state index in [4.69, 9.17) is 4.74 Å². The number of rotatable bonds is 7. The second-order valence-corrected chi connectivity index (χ2v) is 6.28. The summed E-state index contributed by atoms with van der Waals surface area (Å²) in [7, 11) is 1.60. The number of aromatic nitrogens is 2. The molecule has 0 atom stereocenters. The molecule has 1 aromatic carbocycles. The molecule has 2 heterocycles. The van der Waals surface area contributed by atoms with E-state index in [0.29, 0.717) is 12.2 Å². The average Bonchev–Trinajstić information content (AvgIpc) is 3.20. The van der Waals surface area contributed by atoms with Gasteiger partial charge in [-0.3, -0.25) is 14.0 Å². The standard InChI is InChI=1S/C17H18N4O3S/c1-24-14-4-2-12(3-5-14)9-18-16(23)10-19-15(22)8-13-11-21-6-7-25-17(21)20-13/h2-7,11H,8-10H2,1H3,(H,18,23)(H,19,22). The van der Waals surface area contributed by atoms with E-state index in [0.717, 1.165) is 16.3 Å². The van der Waals surface area contributed by atoms with Gasteiger partial charge in [-0.25, -0.2) is 4.98 Å². The van der Waals surface area contributed by atoms with Gasteiger partial charge in [-0.2, -0.15) is 0 Å². The maximum Gasteiger partial charge on any atom is 0.239 e. The summed E-state index contributed by atoms with van der Waals surface area (Å²) < 4.78 is 6.95. The highest BCUT2D eigenvalue weighted by atomic mass is 32.1. The van der Waals surface area contributed by atoms with E-state index in [1.807, 2.05) is 46.4 Å². The summed E-state index contributed by atoms with van der Waals surface area (Å²) in [6.07, 6.45) is 3.86. The third-order valence-corrected chi connectivity index (χ3v) is 4.35. The number of methoxy groups -OCH3 is 1. The first kappa shape index (κ1) is 17.0. The highest BCUT2D eigenvalue weighted by Gasteiger charge is 2.10. The number of amides is 2. The van der Waals surface area contributed by atoms with Crippen LogP contribution in [0.5, 0.6) is 5.75 Å². The van der Waals surface area contributed by atoms with Gasteiger partial charge in [-0.05, 0) is 17.7 Å². The Hall–Kier alpha value is -2.87. The Bertz CT molecular complexity index is 841. The van der Waals surface area contributed by atoms with Crippen molar-refractivity contribution in [3.05, 3.63) is 53.3 Å². The zero-order valence-electron chi connectivity index (χ0n) is 13.7. The van der Waals surface area contributed by atoms with Crippen LogP contribution in [-0.4, -0.2) is 34.9 Å². The van der Waals surface area contributed by atoms with Gasteiger partial charge in [0.1, 0.15) is 5.75 Å². The van der Waals surface area contributed by atoms with Crippen LogP contribution in [0, 0.1) is 0 Å². The zero-order valence-corrected chi connectivity index (χ0v) is 14.5. The highest BCUT2D eigenvalue weighted by molar-refractivity contribution is 7.15. The van der Waals surface area contributed by atoms with Gasteiger partial charge in [-0.1, -0.05) is 12.1 Å².